The number of carbonyl (C=O) groups is 1. The number of rotatable bonds is 4. The topological polar surface area (TPSA) is 76.4 Å². The lowest BCUT2D eigenvalue weighted by atomic mass is 10.1. The number of carbonyl (C=O) groups excluding carboxylic acids is 1. The van der Waals surface area contributed by atoms with Gasteiger partial charge >= 0.3 is 0 Å². The van der Waals surface area contributed by atoms with E-state index in [-0.39, 0.29) is 17.6 Å². The zero-order valence-corrected chi connectivity index (χ0v) is 12.0. The average Bonchev–Trinajstić information content (AvgIpc) is 2.52. The Morgan fingerprint density at radius 3 is 2.43 bits per heavy atom. The highest BCUT2D eigenvalue weighted by atomic mass is 32.1. The summed E-state index contributed by atoms with van der Waals surface area (Å²) < 4.78 is 5.55. The Bertz CT molecular complexity index is 632. The van der Waals surface area contributed by atoms with Crippen molar-refractivity contribution in [2.45, 2.75) is 0 Å². The van der Waals surface area contributed by atoms with E-state index in [9.17, 15) is 4.79 Å². The van der Waals surface area contributed by atoms with Gasteiger partial charge < -0.3 is 10.5 Å². The minimum Gasteiger partial charge on any atom is -0.483 e. The third-order valence-electron chi connectivity index (χ3n) is 2.66. The van der Waals surface area contributed by atoms with Gasteiger partial charge in [0.2, 0.25) is 0 Å². The largest absolute Gasteiger partial charge is 0.483 e. The zero-order valence-electron chi connectivity index (χ0n) is 11.2. The van der Waals surface area contributed by atoms with E-state index in [1.54, 1.807) is 0 Å². The number of para-hydroxylation sites is 1. The summed E-state index contributed by atoms with van der Waals surface area (Å²) in [6.07, 6.45) is 0. The van der Waals surface area contributed by atoms with Crippen LogP contribution in [0.2, 0.25) is 0 Å². The first-order valence-electron chi connectivity index (χ1n) is 6.28. The van der Waals surface area contributed by atoms with E-state index in [1.807, 2.05) is 54.6 Å². The molecule has 0 aliphatic rings. The van der Waals surface area contributed by atoms with Crippen LogP contribution in [0, 0.1) is 0 Å². The van der Waals surface area contributed by atoms with Crippen LogP contribution in [0.25, 0.3) is 11.1 Å². The van der Waals surface area contributed by atoms with Crippen LogP contribution in [0.15, 0.2) is 54.6 Å². The number of hydrogen-bond acceptors (Lipinski definition) is 3. The lowest BCUT2D eigenvalue weighted by molar-refractivity contribution is -0.123. The van der Waals surface area contributed by atoms with Gasteiger partial charge in [0.1, 0.15) is 5.75 Å². The summed E-state index contributed by atoms with van der Waals surface area (Å²) in [7, 11) is 0. The molecule has 4 N–H and O–H groups in total. The predicted octanol–water partition coefficient (Wildman–Crippen LogP) is 1.60. The van der Waals surface area contributed by atoms with Gasteiger partial charge in [0.25, 0.3) is 5.91 Å². The monoisotopic (exact) mass is 301 g/mol. The van der Waals surface area contributed by atoms with E-state index in [0.29, 0.717) is 5.75 Å². The highest BCUT2D eigenvalue weighted by Gasteiger charge is 2.07. The van der Waals surface area contributed by atoms with Crippen molar-refractivity contribution in [3.8, 4) is 16.9 Å². The number of hydrazine groups is 1. The molecule has 0 bridgehead atoms. The molecule has 0 spiro atoms. The third kappa shape index (κ3) is 4.47. The number of ether oxygens (including phenoxy) is 1. The predicted molar refractivity (Wildman–Crippen MR) is 85.4 cm³/mol. The molecule has 0 atom stereocenters. The maximum absolute atomic E-state index is 11.6. The molecule has 2 aromatic rings. The summed E-state index contributed by atoms with van der Waals surface area (Å²) in [6.45, 7) is -0.139. The smallest absolute Gasteiger partial charge is 0.276 e. The minimum atomic E-state index is -0.370. The maximum Gasteiger partial charge on any atom is 0.276 e. The van der Waals surface area contributed by atoms with E-state index in [0.717, 1.165) is 11.1 Å². The molecule has 0 aliphatic carbocycles. The molecule has 0 fully saturated rings. The molecule has 1 amide bonds. The van der Waals surface area contributed by atoms with Crippen molar-refractivity contribution in [3.05, 3.63) is 54.6 Å². The van der Waals surface area contributed by atoms with Crippen LogP contribution in [0.3, 0.4) is 0 Å². The summed E-state index contributed by atoms with van der Waals surface area (Å²) in [5, 5.41) is -0.00645. The second kappa shape index (κ2) is 7.25. The van der Waals surface area contributed by atoms with Crippen LogP contribution in [-0.2, 0) is 4.79 Å². The van der Waals surface area contributed by atoms with Crippen LogP contribution in [0.4, 0.5) is 0 Å². The van der Waals surface area contributed by atoms with Gasteiger partial charge in [0, 0.05) is 5.56 Å². The summed E-state index contributed by atoms with van der Waals surface area (Å²) in [4.78, 5) is 11.6. The van der Waals surface area contributed by atoms with Crippen molar-refractivity contribution in [1.82, 2.24) is 10.9 Å². The van der Waals surface area contributed by atoms with Gasteiger partial charge in [0.15, 0.2) is 11.7 Å². The molecule has 2 rings (SSSR count). The molecule has 21 heavy (non-hydrogen) atoms. The number of nitrogens with two attached hydrogens (primary N) is 1. The Hall–Kier alpha value is -2.60. The molecule has 5 nitrogen and oxygen atoms in total. The Kier molecular flexibility index (Phi) is 5.11. The molecule has 108 valence electrons. The van der Waals surface area contributed by atoms with Crippen LogP contribution in [0.5, 0.6) is 5.75 Å². The van der Waals surface area contributed by atoms with Gasteiger partial charge in [-0.2, -0.15) is 0 Å². The molecular formula is C15H15N3O2S. The van der Waals surface area contributed by atoms with E-state index < -0.39 is 0 Å². The van der Waals surface area contributed by atoms with Gasteiger partial charge in [-0.1, -0.05) is 48.5 Å². The molecular weight excluding hydrogens is 286 g/mol. The van der Waals surface area contributed by atoms with E-state index >= 15 is 0 Å². The van der Waals surface area contributed by atoms with Crippen LogP contribution in [0.1, 0.15) is 0 Å². The van der Waals surface area contributed by atoms with Crippen LogP contribution in [-0.4, -0.2) is 17.6 Å². The van der Waals surface area contributed by atoms with Crippen molar-refractivity contribution in [1.29, 1.82) is 0 Å². The quantitative estimate of drug-likeness (QED) is 0.591. The summed E-state index contributed by atoms with van der Waals surface area (Å²) in [6, 6.07) is 17.3. The van der Waals surface area contributed by atoms with E-state index in [4.69, 9.17) is 10.5 Å². The molecule has 6 heteroatoms. The molecule has 2 aromatic carbocycles. The van der Waals surface area contributed by atoms with Crippen LogP contribution < -0.4 is 21.3 Å². The van der Waals surface area contributed by atoms with Gasteiger partial charge in [-0.15, -0.1) is 0 Å². The fourth-order valence-corrected chi connectivity index (χ4v) is 1.81. The van der Waals surface area contributed by atoms with E-state index in [1.165, 1.54) is 0 Å². The number of hydrogen-bond donors (Lipinski definition) is 3. The first-order chi connectivity index (χ1) is 10.2. The highest BCUT2D eigenvalue weighted by Crippen LogP contribution is 2.29. The molecule has 0 unspecified atom stereocenters. The van der Waals surface area contributed by atoms with Gasteiger partial charge in [0.05, 0.1) is 0 Å². The fourth-order valence-electron chi connectivity index (χ4n) is 1.76. The lowest BCUT2D eigenvalue weighted by Gasteiger charge is -2.12. The summed E-state index contributed by atoms with van der Waals surface area (Å²) >= 11 is 4.59. The second-order valence-electron chi connectivity index (χ2n) is 4.19. The summed E-state index contributed by atoms with van der Waals surface area (Å²) in [5.74, 6) is 0.264. The highest BCUT2D eigenvalue weighted by molar-refractivity contribution is 7.80. The number of thiocarbonyl (C=S) groups is 1. The Morgan fingerprint density at radius 1 is 1.05 bits per heavy atom. The Morgan fingerprint density at radius 2 is 1.71 bits per heavy atom. The number of nitrogens with one attached hydrogen (secondary N) is 2. The Labute approximate surface area is 128 Å². The fraction of sp³-hybridized carbons (Fsp3) is 0.0667. The first kappa shape index (κ1) is 14.8. The lowest BCUT2D eigenvalue weighted by Crippen LogP contribution is -2.46. The minimum absolute atomic E-state index is 0.00645. The van der Waals surface area contributed by atoms with Gasteiger partial charge in [-0.25, -0.2) is 0 Å². The van der Waals surface area contributed by atoms with Crippen molar-refractivity contribution in [2.24, 2.45) is 5.73 Å². The SMILES string of the molecule is NC(=S)NNC(=O)COc1ccccc1-c1ccccc1. The van der Waals surface area contributed by atoms with Gasteiger partial charge in [-0.3, -0.25) is 15.6 Å². The van der Waals surface area contributed by atoms with Crippen LogP contribution >= 0.6 is 12.2 Å². The molecule has 0 saturated carbocycles. The maximum atomic E-state index is 11.6. The molecule has 0 aromatic heterocycles. The van der Waals surface area contributed by atoms with Crippen molar-refractivity contribution in [2.75, 3.05) is 6.61 Å². The van der Waals surface area contributed by atoms with Crippen molar-refractivity contribution >= 4 is 23.2 Å². The second-order valence-corrected chi connectivity index (χ2v) is 4.63. The zero-order chi connectivity index (χ0) is 15.1. The molecule has 0 aliphatic heterocycles. The third-order valence-corrected chi connectivity index (χ3v) is 2.76. The first-order valence-corrected chi connectivity index (χ1v) is 6.69. The Balaban J connectivity index is 2.04. The average molecular weight is 301 g/mol. The number of amides is 1. The standard InChI is InChI=1S/C15H15N3O2S/c16-15(21)18-17-14(19)10-20-13-9-5-4-8-12(13)11-6-2-1-3-7-11/h1-9H,10H2,(H,17,19)(H3,16,18,21). The van der Waals surface area contributed by atoms with Crippen molar-refractivity contribution in [3.63, 3.8) is 0 Å². The van der Waals surface area contributed by atoms with Crippen molar-refractivity contribution < 1.29 is 9.53 Å². The van der Waals surface area contributed by atoms with E-state index in [2.05, 4.69) is 23.1 Å². The molecule has 0 radical (unpaired) electrons. The van der Waals surface area contributed by atoms with Gasteiger partial charge in [-0.05, 0) is 23.8 Å². The normalized spacial score (nSPS) is 9.71. The molecule has 0 saturated heterocycles. The number of benzene rings is 2. The molecule has 0 heterocycles. The summed E-state index contributed by atoms with van der Waals surface area (Å²) in [5.41, 5.74) is 11.8.